The number of nitrogens with two attached hydrogens (primary N) is 1. The van der Waals surface area contributed by atoms with Gasteiger partial charge in [-0.25, -0.2) is 4.39 Å². The van der Waals surface area contributed by atoms with E-state index in [0.717, 1.165) is 0 Å². The van der Waals surface area contributed by atoms with E-state index in [2.05, 4.69) is 0 Å². The van der Waals surface area contributed by atoms with Crippen molar-refractivity contribution in [3.8, 4) is 0 Å². The van der Waals surface area contributed by atoms with Crippen molar-refractivity contribution in [2.75, 3.05) is 0 Å². The predicted octanol–water partition coefficient (Wildman–Crippen LogP) is 2.25. The number of halogens is 2. The second-order valence-corrected chi connectivity index (χ2v) is 3.60. The number of rotatable bonds is 3. The minimum atomic E-state index is -0.841. The zero-order valence-corrected chi connectivity index (χ0v) is 8.63. The Hall–Kier alpha value is -0.640. The van der Waals surface area contributed by atoms with E-state index in [0.29, 0.717) is 12.0 Å². The molecule has 14 heavy (non-hydrogen) atoms. The van der Waals surface area contributed by atoms with E-state index in [1.807, 2.05) is 6.92 Å². The minimum absolute atomic E-state index is 0.0472. The number of aliphatic hydroxyl groups excluding tert-OH is 1. The summed E-state index contributed by atoms with van der Waals surface area (Å²) in [5.41, 5.74) is 6.09. The summed E-state index contributed by atoms with van der Waals surface area (Å²) in [6.07, 6.45) is -0.211. The van der Waals surface area contributed by atoms with Crippen LogP contribution in [0.3, 0.4) is 0 Å². The van der Waals surface area contributed by atoms with E-state index >= 15 is 0 Å². The second-order valence-electron chi connectivity index (χ2n) is 3.19. The molecule has 2 atom stereocenters. The molecule has 0 aliphatic heterocycles. The van der Waals surface area contributed by atoms with Crippen molar-refractivity contribution in [3.05, 3.63) is 34.6 Å². The first kappa shape index (κ1) is 11.4. The lowest BCUT2D eigenvalue weighted by Crippen LogP contribution is -2.27. The molecule has 1 rings (SSSR count). The lowest BCUT2D eigenvalue weighted by molar-refractivity contribution is 0.144. The van der Waals surface area contributed by atoms with Crippen LogP contribution in [0.5, 0.6) is 0 Å². The van der Waals surface area contributed by atoms with Crippen LogP contribution in [0.25, 0.3) is 0 Å². The monoisotopic (exact) mass is 217 g/mol. The highest BCUT2D eigenvalue weighted by Gasteiger charge is 2.16. The Morgan fingerprint density at radius 2 is 2.21 bits per heavy atom. The van der Waals surface area contributed by atoms with E-state index in [1.165, 1.54) is 12.1 Å². The minimum Gasteiger partial charge on any atom is -0.387 e. The number of aliphatic hydroxyl groups is 1. The lowest BCUT2D eigenvalue weighted by Gasteiger charge is -2.17. The first-order valence-corrected chi connectivity index (χ1v) is 4.82. The maximum Gasteiger partial charge on any atom is 0.142 e. The van der Waals surface area contributed by atoms with Crippen LogP contribution in [-0.4, -0.2) is 11.1 Å². The average molecular weight is 218 g/mol. The van der Waals surface area contributed by atoms with Gasteiger partial charge in [0, 0.05) is 6.04 Å². The van der Waals surface area contributed by atoms with Gasteiger partial charge < -0.3 is 10.8 Å². The van der Waals surface area contributed by atoms with Crippen molar-refractivity contribution < 1.29 is 9.50 Å². The van der Waals surface area contributed by atoms with E-state index in [9.17, 15) is 9.50 Å². The van der Waals surface area contributed by atoms with Crippen molar-refractivity contribution in [3.63, 3.8) is 0 Å². The van der Waals surface area contributed by atoms with Gasteiger partial charge >= 0.3 is 0 Å². The van der Waals surface area contributed by atoms with Gasteiger partial charge in [0.1, 0.15) is 5.82 Å². The molecule has 3 N–H and O–H groups in total. The molecule has 0 saturated carbocycles. The molecule has 0 spiro atoms. The quantitative estimate of drug-likeness (QED) is 0.816. The SMILES string of the molecule is CCC(N)C(O)c1ccc(Cl)c(F)c1. The molecule has 0 bridgehead atoms. The molecule has 0 heterocycles. The smallest absolute Gasteiger partial charge is 0.142 e. The molecular weight excluding hydrogens is 205 g/mol. The van der Waals surface area contributed by atoms with E-state index in [4.69, 9.17) is 17.3 Å². The van der Waals surface area contributed by atoms with Crippen LogP contribution in [0.15, 0.2) is 18.2 Å². The first-order valence-electron chi connectivity index (χ1n) is 4.44. The van der Waals surface area contributed by atoms with Gasteiger partial charge in [-0.3, -0.25) is 0 Å². The van der Waals surface area contributed by atoms with Crippen molar-refractivity contribution in [2.45, 2.75) is 25.5 Å². The van der Waals surface area contributed by atoms with Crippen LogP contribution in [0, 0.1) is 5.82 Å². The van der Waals surface area contributed by atoms with Crippen LogP contribution >= 0.6 is 11.6 Å². The van der Waals surface area contributed by atoms with Crippen molar-refractivity contribution in [1.29, 1.82) is 0 Å². The van der Waals surface area contributed by atoms with Gasteiger partial charge in [0.15, 0.2) is 0 Å². The summed E-state index contributed by atoms with van der Waals surface area (Å²) >= 11 is 5.51. The molecule has 2 nitrogen and oxygen atoms in total. The highest BCUT2D eigenvalue weighted by atomic mass is 35.5. The summed E-state index contributed by atoms with van der Waals surface area (Å²) in [6, 6.07) is 3.82. The molecule has 4 heteroatoms. The summed E-state index contributed by atoms with van der Waals surface area (Å²) in [4.78, 5) is 0. The molecule has 0 saturated heterocycles. The molecule has 0 aliphatic carbocycles. The van der Waals surface area contributed by atoms with E-state index < -0.39 is 11.9 Å². The zero-order valence-electron chi connectivity index (χ0n) is 7.87. The molecule has 2 unspecified atom stereocenters. The van der Waals surface area contributed by atoms with E-state index in [-0.39, 0.29) is 11.1 Å². The van der Waals surface area contributed by atoms with Crippen LogP contribution in [-0.2, 0) is 0 Å². The first-order chi connectivity index (χ1) is 6.56. The molecule has 0 fully saturated rings. The molecule has 1 aromatic rings. The Kier molecular flexibility index (Phi) is 3.86. The maximum atomic E-state index is 13.0. The summed E-state index contributed by atoms with van der Waals surface area (Å²) in [6.45, 7) is 1.86. The highest BCUT2D eigenvalue weighted by molar-refractivity contribution is 6.30. The lowest BCUT2D eigenvalue weighted by atomic mass is 10.0. The molecule has 78 valence electrons. The van der Waals surface area contributed by atoms with Gasteiger partial charge in [0.05, 0.1) is 11.1 Å². The fourth-order valence-electron chi connectivity index (χ4n) is 1.17. The Morgan fingerprint density at radius 1 is 1.57 bits per heavy atom. The molecule has 1 aromatic carbocycles. The van der Waals surface area contributed by atoms with E-state index in [1.54, 1.807) is 6.07 Å². The van der Waals surface area contributed by atoms with Gasteiger partial charge in [-0.15, -0.1) is 0 Å². The fraction of sp³-hybridized carbons (Fsp3) is 0.400. The second kappa shape index (κ2) is 4.73. The Balaban J connectivity index is 2.91. The van der Waals surface area contributed by atoms with Crippen molar-refractivity contribution in [1.82, 2.24) is 0 Å². The molecule has 0 radical (unpaired) electrons. The Bertz CT molecular complexity index is 319. The number of hydrogen-bond acceptors (Lipinski definition) is 2. The largest absolute Gasteiger partial charge is 0.387 e. The number of hydrogen-bond donors (Lipinski definition) is 2. The zero-order chi connectivity index (χ0) is 10.7. The van der Waals surface area contributed by atoms with Gasteiger partial charge in [-0.05, 0) is 24.1 Å². The van der Waals surface area contributed by atoms with Gasteiger partial charge in [0.2, 0.25) is 0 Å². The topological polar surface area (TPSA) is 46.2 Å². The van der Waals surface area contributed by atoms with Crippen LogP contribution in [0.4, 0.5) is 4.39 Å². The molecular formula is C10H13ClFNO. The van der Waals surface area contributed by atoms with Gasteiger partial charge in [-0.2, -0.15) is 0 Å². The van der Waals surface area contributed by atoms with Crippen LogP contribution < -0.4 is 5.73 Å². The van der Waals surface area contributed by atoms with Gasteiger partial charge in [-0.1, -0.05) is 24.6 Å². The maximum absolute atomic E-state index is 13.0. The van der Waals surface area contributed by atoms with Crippen molar-refractivity contribution >= 4 is 11.6 Å². The Labute approximate surface area is 87.5 Å². The highest BCUT2D eigenvalue weighted by Crippen LogP contribution is 2.22. The third-order valence-corrected chi connectivity index (χ3v) is 2.47. The fourth-order valence-corrected chi connectivity index (χ4v) is 1.28. The average Bonchev–Trinajstić information content (AvgIpc) is 2.20. The predicted molar refractivity (Wildman–Crippen MR) is 54.6 cm³/mol. The summed E-state index contributed by atoms with van der Waals surface area (Å²) in [7, 11) is 0. The molecule has 0 aliphatic rings. The third kappa shape index (κ3) is 2.44. The summed E-state index contributed by atoms with van der Waals surface area (Å²) in [5, 5.41) is 9.72. The third-order valence-electron chi connectivity index (χ3n) is 2.16. The standard InChI is InChI=1S/C10H13ClFNO/c1-2-9(13)10(14)6-3-4-7(11)8(12)5-6/h3-5,9-10,14H,2,13H2,1H3. The molecule has 0 aromatic heterocycles. The Morgan fingerprint density at radius 3 is 2.71 bits per heavy atom. The number of benzene rings is 1. The molecule has 0 amide bonds. The van der Waals surface area contributed by atoms with Crippen molar-refractivity contribution in [2.24, 2.45) is 5.73 Å². The van der Waals surface area contributed by atoms with Crippen LogP contribution in [0.1, 0.15) is 25.0 Å². The normalized spacial score (nSPS) is 15.2. The summed E-state index contributed by atoms with van der Waals surface area (Å²) in [5.74, 6) is -0.536. The van der Waals surface area contributed by atoms with Gasteiger partial charge in [0.25, 0.3) is 0 Å². The van der Waals surface area contributed by atoms with Crippen LogP contribution in [0.2, 0.25) is 5.02 Å². The summed E-state index contributed by atoms with van der Waals surface area (Å²) < 4.78 is 13.0.